The summed E-state index contributed by atoms with van der Waals surface area (Å²) < 4.78 is 31.7. The van der Waals surface area contributed by atoms with Gasteiger partial charge in [0.05, 0.1) is 35.5 Å². The molecule has 0 aliphatic rings. The Kier molecular flexibility index (Phi) is 14.2. The number of ether oxygens (including phenoxy) is 6. The third-order valence-corrected chi connectivity index (χ3v) is 7.62. The molecule has 0 aromatic heterocycles. The maximum atomic E-state index is 14.0. The largest absolute Gasteiger partial charge is 0.513 e. The molecule has 0 spiro atoms. The number of rotatable bonds is 16. The molecule has 0 N–H and O–H groups in total. The maximum Gasteiger partial charge on any atom is 0.513 e. The van der Waals surface area contributed by atoms with Crippen LogP contribution in [-0.2, 0) is 28.8 Å². The fourth-order valence-electron chi connectivity index (χ4n) is 4.96. The smallest absolute Gasteiger partial charge is 0.479 e. The highest BCUT2D eigenvalue weighted by Crippen LogP contribution is 2.35. The van der Waals surface area contributed by atoms with Gasteiger partial charge in [-0.1, -0.05) is 36.4 Å². The third-order valence-electron chi connectivity index (χ3n) is 7.62. The molecule has 0 fully saturated rings. The summed E-state index contributed by atoms with van der Waals surface area (Å²) in [6.07, 6.45) is -1.32. The van der Waals surface area contributed by atoms with Crippen LogP contribution >= 0.6 is 0 Å². The first kappa shape index (κ1) is 43.4. The lowest BCUT2D eigenvalue weighted by atomic mass is 9.98. The van der Waals surface area contributed by atoms with Crippen molar-refractivity contribution in [2.75, 3.05) is 13.2 Å². The molecule has 0 unspecified atom stereocenters. The van der Waals surface area contributed by atoms with Crippen LogP contribution in [0.2, 0.25) is 0 Å². The van der Waals surface area contributed by atoms with E-state index in [9.17, 15) is 38.4 Å². The van der Waals surface area contributed by atoms with E-state index in [1.54, 1.807) is 13.8 Å². The van der Waals surface area contributed by atoms with Crippen molar-refractivity contribution in [1.29, 1.82) is 0 Å². The van der Waals surface area contributed by atoms with Gasteiger partial charge >= 0.3 is 24.2 Å². The van der Waals surface area contributed by atoms with Crippen molar-refractivity contribution in [2.45, 2.75) is 52.7 Å². The van der Waals surface area contributed by atoms with Crippen LogP contribution < -0.4 is 18.9 Å². The summed E-state index contributed by atoms with van der Waals surface area (Å²) in [5.74, 6) is -5.63. The molecule has 0 heterocycles. The molecule has 0 atom stereocenters. The number of carbonyl (C=O) groups excluding carboxylic acids is 8. The lowest BCUT2D eigenvalue weighted by molar-refractivity contribution is -0.187. The lowest BCUT2D eigenvalue weighted by Gasteiger charge is -2.24. The van der Waals surface area contributed by atoms with Gasteiger partial charge in [-0.3, -0.25) is 19.2 Å². The number of benzene rings is 4. The van der Waals surface area contributed by atoms with Crippen molar-refractivity contribution in [2.24, 2.45) is 0 Å². The second-order valence-corrected chi connectivity index (χ2v) is 13.0. The van der Waals surface area contributed by atoms with E-state index in [0.717, 1.165) is 0 Å². The predicted molar refractivity (Wildman–Crippen MR) is 200 cm³/mol. The minimum atomic E-state index is -1.62. The number of aldehydes is 2. The van der Waals surface area contributed by atoms with E-state index in [1.165, 1.54) is 113 Å². The summed E-state index contributed by atoms with van der Waals surface area (Å²) in [5.41, 5.74) is -5.02. The summed E-state index contributed by atoms with van der Waals surface area (Å²) in [5, 5.41) is 0. The highest BCUT2D eigenvalue weighted by atomic mass is 17.2. The third kappa shape index (κ3) is 10.7. The molecule has 0 saturated carbocycles. The topological polar surface area (TPSA) is 210 Å². The van der Waals surface area contributed by atoms with Crippen molar-refractivity contribution in [3.05, 3.63) is 118 Å². The number of ketones is 2. The molecular formula is C42H38O16. The number of carbonyl (C=O) groups is 8. The quantitative estimate of drug-likeness (QED) is 0.0283. The van der Waals surface area contributed by atoms with E-state index in [2.05, 4.69) is 0 Å². The Balaban J connectivity index is 1.72. The Hall–Kier alpha value is -7.36. The van der Waals surface area contributed by atoms with Gasteiger partial charge in [0, 0.05) is 0 Å². The molecule has 0 aliphatic carbocycles. The first-order chi connectivity index (χ1) is 27.6. The van der Waals surface area contributed by atoms with Crippen molar-refractivity contribution in [3.8, 4) is 23.0 Å². The molecule has 0 bridgehead atoms. The average Bonchev–Trinajstić information content (AvgIpc) is 3.19. The number of para-hydroxylation sites is 4. The van der Waals surface area contributed by atoms with Gasteiger partial charge in [-0.2, -0.15) is 0 Å². The first-order valence-corrected chi connectivity index (χ1v) is 17.5. The van der Waals surface area contributed by atoms with E-state index in [0.29, 0.717) is 12.6 Å². The Morgan fingerprint density at radius 3 is 1.16 bits per heavy atom. The van der Waals surface area contributed by atoms with Crippen LogP contribution in [0.15, 0.2) is 84.9 Å². The molecule has 0 aliphatic heterocycles. The van der Waals surface area contributed by atoms with Crippen LogP contribution in [0.4, 0.5) is 9.59 Å². The van der Waals surface area contributed by atoms with Gasteiger partial charge in [0.15, 0.2) is 23.8 Å². The monoisotopic (exact) mass is 798 g/mol. The highest BCUT2D eigenvalue weighted by Gasteiger charge is 2.33. The molecule has 0 radical (unpaired) electrons. The van der Waals surface area contributed by atoms with Crippen LogP contribution in [0, 0.1) is 0 Å². The summed E-state index contributed by atoms with van der Waals surface area (Å²) in [6, 6.07) is 18.8. The van der Waals surface area contributed by atoms with Crippen molar-refractivity contribution in [1.82, 2.24) is 0 Å². The molecular weight excluding hydrogens is 760 g/mol. The Labute approximate surface area is 331 Å². The summed E-state index contributed by atoms with van der Waals surface area (Å²) >= 11 is 0. The average molecular weight is 799 g/mol. The molecule has 58 heavy (non-hydrogen) atoms. The van der Waals surface area contributed by atoms with Crippen molar-refractivity contribution in [3.63, 3.8) is 0 Å². The van der Waals surface area contributed by atoms with E-state index in [1.807, 2.05) is 0 Å². The van der Waals surface area contributed by atoms with E-state index in [4.69, 9.17) is 38.2 Å². The molecule has 0 amide bonds. The Bertz CT molecular complexity index is 2080. The van der Waals surface area contributed by atoms with Crippen molar-refractivity contribution >= 4 is 48.4 Å². The van der Waals surface area contributed by atoms with Crippen LogP contribution in [0.5, 0.6) is 23.0 Å². The highest BCUT2D eigenvalue weighted by molar-refractivity contribution is 6.15. The normalized spacial score (nSPS) is 10.9. The van der Waals surface area contributed by atoms with Gasteiger partial charge in [0.2, 0.25) is 11.6 Å². The first-order valence-electron chi connectivity index (χ1n) is 17.5. The van der Waals surface area contributed by atoms with Gasteiger partial charge in [0.1, 0.15) is 34.1 Å². The van der Waals surface area contributed by atoms with E-state index < -0.39 is 69.6 Å². The maximum absolute atomic E-state index is 14.0. The Morgan fingerprint density at radius 1 is 0.483 bits per heavy atom. The van der Waals surface area contributed by atoms with Crippen LogP contribution in [0.1, 0.15) is 94.1 Å². The zero-order valence-electron chi connectivity index (χ0n) is 32.2. The molecule has 0 saturated heterocycles. The SMILES string of the molecule is CCOC(=O)Oc1ccccc1C(=O)c1cccc(C(=O)OOC(=O)c2cccc(C(=O)c3ccccc3OC(=O)OCC)c2OC(C)(C)C=O)c1OC(C)(C)C=O. The summed E-state index contributed by atoms with van der Waals surface area (Å²) in [7, 11) is 0. The molecule has 16 nitrogen and oxygen atoms in total. The molecule has 4 aromatic carbocycles. The zero-order valence-corrected chi connectivity index (χ0v) is 32.2. The second kappa shape index (κ2) is 19.0. The Morgan fingerprint density at radius 2 is 0.810 bits per heavy atom. The van der Waals surface area contributed by atoms with E-state index in [-0.39, 0.29) is 47.0 Å². The summed E-state index contributed by atoms with van der Waals surface area (Å²) in [6.45, 7) is 8.53. The predicted octanol–water partition coefficient (Wildman–Crippen LogP) is 6.86. The second-order valence-electron chi connectivity index (χ2n) is 13.0. The number of hydrogen-bond donors (Lipinski definition) is 0. The molecule has 16 heteroatoms. The van der Waals surface area contributed by atoms with Crippen LogP contribution in [0.3, 0.4) is 0 Å². The fraction of sp³-hybridized carbons (Fsp3) is 0.238. The molecule has 4 aromatic rings. The van der Waals surface area contributed by atoms with E-state index >= 15 is 0 Å². The van der Waals surface area contributed by atoms with Crippen molar-refractivity contribution < 1.29 is 76.6 Å². The lowest BCUT2D eigenvalue weighted by Crippen LogP contribution is -2.32. The van der Waals surface area contributed by atoms with Gasteiger partial charge in [0.25, 0.3) is 0 Å². The van der Waals surface area contributed by atoms with Crippen LogP contribution in [0.25, 0.3) is 0 Å². The number of hydrogen-bond acceptors (Lipinski definition) is 16. The van der Waals surface area contributed by atoms with Gasteiger partial charge in [-0.25, -0.2) is 29.0 Å². The van der Waals surface area contributed by atoms with Crippen LogP contribution in [-0.4, -0.2) is 72.8 Å². The minimum Gasteiger partial charge on any atom is -0.479 e. The molecule has 302 valence electrons. The van der Waals surface area contributed by atoms with Gasteiger partial charge < -0.3 is 28.4 Å². The van der Waals surface area contributed by atoms with Gasteiger partial charge in [-0.15, -0.1) is 0 Å². The minimum absolute atomic E-state index is 0.000416. The fourth-order valence-corrected chi connectivity index (χ4v) is 4.96. The molecule has 4 rings (SSSR count). The zero-order chi connectivity index (χ0) is 42.6. The summed E-state index contributed by atoms with van der Waals surface area (Å²) in [4.78, 5) is 113. The van der Waals surface area contributed by atoms with Gasteiger partial charge in [-0.05, 0) is 90.1 Å². The standard InChI is InChI=1S/C42H38O16/c1-7-51-39(49)53-31-21-11-9-15-25(31)33(45)27-17-13-19-29(35(27)55-41(3,4)23-43)37(47)57-58-38(48)30-20-14-18-28(36(30)56-42(5,6)24-44)34(46)26-16-10-12-22-32(26)54-40(50)52-8-2/h9-24H,7-8H2,1-6H3.